The Hall–Kier alpha value is -4.05. The maximum absolute atomic E-state index is 12.5. The minimum absolute atomic E-state index is 0.00737. The van der Waals surface area contributed by atoms with E-state index in [1.807, 2.05) is 24.3 Å². The molecule has 0 fully saturated rings. The highest BCUT2D eigenvalue weighted by molar-refractivity contribution is 7.92. The van der Waals surface area contributed by atoms with Crippen molar-refractivity contribution in [2.45, 2.75) is 4.90 Å². The summed E-state index contributed by atoms with van der Waals surface area (Å²) in [6.45, 7) is 0. The Balaban J connectivity index is 1.43. The molecule has 0 radical (unpaired) electrons. The van der Waals surface area contributed by atoms with Gasteiger partial charge in [0.05, 0.1) is 4.90 Å². The lowest BCUT2D eigenvalue weighted by molar-refractivity contribution is 0.601. The second-order valence-electron chi connectivity index (χ2n) is 6.33. The average Bonchev–Trinajstić information content (AvgIpc) is 3.14. The Morgan fingerprint density at radius 2 is 1.60 bits per heavy atom. The molecule has 3 aromatic heterocycles. The molecule has 9 nitrogen and oxygen atoms in total. The van der Waals surface area contributed by atoms with Gasteiger partial charge in [0.15, 0.2) is 11.4 Å². The molecule has 5 rings (SSSR count). The van der Waals surface area contributed by atoms with Gasteiger partial charge in [0.2, 0.25) is 5.95 Å². The van der Waals surface area contributed by atoms with Crippen molar-refractivity contribution in [1.82, 2.24) is 19.9 Å². The van der Waals surface area contributed by atoms with E-state index in [2.05, 4.69) is 30.0 Å². The van der Waals surface area contributed by atoms with Crippen LogP contribution in [0.4, 0.5) is 17.5 Å². The first-order valence-corrected chi connectivity index (χ1v) is 10.4. The topological polar surface area (TPSA) is 123 Å². The fourth-order valence-corrected chi connectivity index (χ4v) is 3.96. The molecule has 10 heteroatoms. The van der Waals surface area contributed by atoms with Crippen molar-refractivity contribution in [3.63, 3.8) is 0 Å². The van der Waals surface area contributed by atoms with Crippen LogP contribution < -0.4 is 10.0 Å². The molecular weight excluding hydrogens is 404 g/mol. The van der Waals surface area contributed by atoms with Crippen LogP contribution in [0.1, 0.15) is 0 Å². The summed E-state index contributed by atoms with van der Waals surface area (Å²) in [4.78, 5) is 16.4. The molecule has 0 aliphatic rings. The van der Waals surface area contributed by atoms with Crippen LogP contribution in [0.5, 0.6) is 0 Å². The number of nitrogens with one attached hydrogen (secondary N) is 2. The van der Waals surface area contributed by atoms with Crippen LogP contribution in [0, 0.1) is 0 Å². The highest BCUT2D eigenvalue weighted by atomic mass is 32.2. The standard InChI is InChI=1S/C20H14N6O3S/c27-30(28,26-20-21-10-3-11-22-20)14-8-6-13(7-9-14)25-19-18-17(23-12-24-19)15-4-1-2-5-16(15)29-18/h1-12H,(H,21,22,26)(H,23,24,25). The van der Waals surface area contributed by atoms with Gasteiger partial charge < -0.3 is 9.73 Å². The van der Waals surface area contributed by atoms with Crippen LogP contribution >= 0.6 is 0 Å². The number of rotatable bonds is 5. The predicted molar refractivity (Wildman–Crippen MR) is 112 cm³/mol. The fourth-order valence-electron chi connectivity index (χ4n) is 3.00. The Kier molecular flexibility index (Phi) is 4.25. The van der Waals surface area contributed by atoms with Crippen molar-refractivity contribution >= 4 is 49.5 Å². The monoisotopic (exact) mass is 418 g/mol. The first kappa shape index (κ1) is 18.0. The van der Waals surface area contributed by atoms with Crippen LogP contribution in [0.25, 0.3) is 22.1 Å². The average molecular weight is 418 g/mol. The van der Waals surface area contributed by atoms with E-state index < -0.39 is 10.0 Å². The van der Waals surface area contributed by atoms with E-state index in [-0.39, 0.29) is 10.8 Å². The third kappa shape index (κ3) is 3.29. The Morgan fingerprint density at radius 1 is 0.833 bits per heavy atom. The molecule has 0 saturated heterocycles. The molecule has 0 aliphatic carbocycles. The minimum Gasteiger partial charge on any atom is -0.450 e. The fraction of sp³-hybridized carbons (Fsp3) is 0. The smallest absolute Gasteiger partial charge is 0.264 e. The van der Waals surface area contributed by atoms with E-state index in [1.54, 1.807) is 18.2 Å². The second-order valence-corrected chi connectivity index (χ2v) is 8.01. The Bertz CT molecular complexity index is 1450. The molecule has 30 heavy (non-hydrogen) atoms. The summed E-state index contributed by atoms with van der Waals surface area (Å²) in [6, 6.07) is 15.4. The minimum atomic E-state index is -3.80. The van der Waals surface area contributed by atoms with Crippen molar-refractivity contribution in [2.24, 2.45) is 0 Å². The van der Waals surface area contributed by atoms with Crippen molar-refractivity contribution in [3.05, 3.63) is 73.3 Å². The lowest BCUT2D eigenvalue weighted by Gasteiger charge is -2.08. The van der Waals surface area contributed by atoms with Gasteiger partial charge in [-0.15, -0.1) is 0 Å². The molecule has 0 spiro atoms. The van der Waals surface area contributed by atoms with Gasteiger partial charge in [-0.25, -0.2) is 33.1 Å². The molecule has 0 atom stereocenters. The zero-order valence-electron chi connectivity index (χ0n) is 15.4. The first-order valence-electron chi connectivity index (χ1n) is 8.89. The summed E-state index contributed by atoms with van der Waals surface area (Å²) < 4.78 is 33.2. The molecule has 3 heterocycles. The number of hydrogen-bond donors (Lipinski definition) is 2. The summed E-state index contributed by atoms with van der Waals surface area (Å²) in [5, 5.41) is 4.05. The van der Waals surface area contributed by atoms with Gasteiger partial charge in [-0.05, 0) is 42.5 Å². The molecule has 148 valence electrons. The van der Waals surface area contributed by atoms with E-state index in [1.165, 1.54) is 30.9 Å². The molecule has 0 saturated carbocycles. The molecular formula is C20H14N6O3S. The van der Waals surface area contributed by atoms with Crippen LogP contribution in [0.2, 0.25) is 0 Å². The number of fused-ring (bicyclic) bond motifs is 3. The number of hydrogen-bond acceptors (Lipinski definition) is 8. The molecule has 0 aliphatic heterocycles. The van der Waals surface area contributed by atoms with Gasteiger partial charge in [0.25, 0.3) is 10.0 Å². The lowest BCUT2D eigenvalue weighted by atomic mass is 10.2. The third-order valence-corrected chi connectivity index (χ3v) is 5.72. The van der Waals surface area contributed by atoms with Crippen molar-refractivity contribution in [3.8, 4) is 0 Å². The number of benzene rings is 2. The number of sulfonamides is 1. The normalized spacial score (nSPS) is 11.6. The highest BCUT2D eigenvalue weighted by Gasteiger charge is 2.16. The molecule has 2 N–H and O–H groups in total. The Labute approximate surface area is 170 Å². The van der Waals surface area contributed by atoms with Gasteiger partial charge in [0, 0.05) is 23.5 Å². The van der Waals surface area contributed by atoms with Gasteiger partial charge in [0.1, 0.15) is 17.4 Å². The van der Waals surface area contributed by atoms with Crippen LogP contribution in [0.3, 0.4) is 0 Å². The van der Waals surface area contributed by atoms with E-state index in [4.69, 9.17) is 4.42 Å². The number of para-hydroxylation sites is 1. The molecule has 0 amide bonds. The van der Waals surface area contributed by atoms with Gasteiger partial charge in [-0.2, -0.15) is 0 Å². The number of nitrogens with zero attached hydrogens (tertiary/aromatic N) is 4. The van der Waals surface area contributed by atoms with Crippen molar-refractivity contribution < 1.29 is 12.8 Å². The molecule has 0 bridgehead atoms. The summed E-state index contributed by atoms with van der Waals surface area (Å²) in [6.07, 6.45) is 4.37. The SMILES string of the molecule is O=S(=O)(Nc1ncccn1)c1ccc(Nc2ncnc3c2oc2ccccc23)cc1. The van der Waals surface area contributed by atoms with Gasteiger partial charge >= 0.3 is 0 Å². The van der Waals surface area contributed by atoms with Gasteiger partial charge in [-0.1, -0.05) is 12.1 Å². The second kappa shape index (κ2) is 7.08. The molecule has 0 unspecified atom stereocenters. The van der Waals surface area contributed by atoms with E-state index in [0.717, 1.165) is 5.39 Å². The number of anilines is 3. The first-order chi connectivity index (χ1) is 14.6. The van der Waals surface area contributed by atoms with Crippen LogP contribution in [-0.2, 0) is 10.0 Å². The van der Waals surface area contributed by atoms with Crippen molar-refractivity contribution in [1.29, 1.82) is 0 Å². The molecule has 5 aromatic rings. The summed E-state index contributed by atoms with van der Waals surface area (Å²) in [5.74, 6) is 0.496. The van der Waals surface area contributed by atoms with E-state index >= 15 is 0 Å². The third-order valence-electron chi connectivity index (χ3n) is 4.38. The van der Waals surface area contributed by atoms with Crippen molar-refractivity contribution in [2.75, 3.05) is 10.0 Å². The van der Waals surface area contributed by atoms with E-state index in [0.29, 0.717) is 28.2 Å². The summed E-state index contributed by atoms with van der Waals surface area (Å²) in [7, 11) is -3.80. The maximum Gasteiger partial charge on any atom is 0.264 e. The maximum atomic E-state index is 12.5. The van der Waals surface area contributed by atoms with E-state index in [9.17, 15) is 8.42 Å². The lowest BCUT2D eigenvalue weighted by Crippen LogP contribution is -2.14. The van der Waals surface area contributed by atoms with Gasteiger partial charge in [-0.3, -0.25) is 0 Å². The quantitative estimate of drug-likeness (QED) is 0.443. The zero-order valence-corrected chi connectivity index (χ0v) is 16.2. The summed E-state index contributed by atoms with van der Waals surface area (Å²) in [5.41, 5.74) is 2.59. The predicted octanol–water partition coefficient (Wildman–Crippen LogP) is 3.71. The van der Waals surface area contributed by atoms with Crippen LogP contribution in [0.15, 0.2) is 82.6 Å². The summed E-state index contributed by atoms with van der Waals surface area (Å²) >= 11 is 0. The number of furan rings is 1. The Morgan fingerprint density at radius 3 is 2.40 bits per heavy atom. The highest BCUT2D eigenvalue weighted by Crippen LogP contribution is 2.31. The largest absolute Gasteiger partial charge is 0.450 e. The molecule has 2 aromatic carbocycles. The number of aromatic nitrogens is 4. The van der Waals surface area contributed by atoms with Crippen LogP contribution in [-0.4, -0.2) is 28.4 Å². The zero-order chi connectivity index (χ0) is 20.6.